The smallest absolute Gasteiger partial charge is 0.284 e. The monoisotopic (exact) mass is 374 g/mol. The summed E-state index contributed by atoms with van der Waals surface area (Å²) >= 11 is 0. The molecule has 0 saturated carbocycles. The van der Waals surface area contributed by atoms with Crippen molar-refractivity contribution >= 4 is 23.4 Å². The normalized spacial score (nSPS) is 10.8. The van der Waals surface area contributed by atoms with Gasteiger partial charge in [-0.1, -0.05) is 18.2 Å². The Morgan fingerprint density at radius 2 is 2.04 bits per heavy atom. The topological polar surface area (TPSA) is 74.4 Å². The molecule has 0 atom stereocenters. The number of hydrogen-bond acceptors (Lipinski definition) is 5. The van der Waals surface area contributed by atoms with Gasteiger partial charge in [-0.3, -0.25) is 4.98 Å². The molecule has 7 heteroatoms. The molecule has 0 radical (unpaired) electrons. The van der Waals surface area contributed by atoms with Crippen molar-refractivity contribution < 1.29 is 14.1 Å². The predicted molar refractivity (Wildman–Crippen MR) is 105 cm³/mol. The number of halogens is 1. The number of aromatic nitrogens is 4. The molecule has 4 aromatic rings. The number of fused-ring (bicyclic) bond motifs is 1. The minimum atomic E-state index is -0.320. The number of nitrogens with zero attached hydrogens (tertiary/aromatic N) is 4. The molecular weight excluding hydrogens is 357 g/mol. The standard InChI is InChI=1S/C21H16FN5O/c1-3-28-18-11-13(14-6-4-5-7-16(14)22)10-15-19(18)26-21(27-20(15)23-2)17-8-9-24-12-25-17/h4-12H,2-3H2,1H3/p+1. The van der Waals surface area contributed by atoms with E-state index in [1.807, 2.05) is 6.92 Å². The van der Waals surface area contributed by atoms with E-state index in [0.717, 1.165) is 0 Å². The van der Waals surface area contributed by atoms with E-state index < -0.39 is 0 Å². The lowest BCUT2D eigenvalue weighted by molar-refractivity contribution is -0.382. The van der Waals surface area contributed by atoms with Crippen LogP contribution in [-0.2, 0) is 0 Å². The quantitative estimate of drug-likeness (QED) is 0.494. The van der Waals surface area contributed by atoms with Crippen LogP contribution in [-0.4, -0.2) is 28.3 Å². The molecule has 0 aliphatic carbocycles. The number of aromatic amines is 1. The van der Waals surface area contributed by atoms with Gasteiger partial charge in [0.1, 0.15) is 17.1 Å². The molecule has 4 rings (SSSR count). The van der Waals surface area contributed by atoms with Crippen molar-refractivity contribution in [2.45, 2.75) is 6.92 Å². The zero-order valence-electron chi connectivity index (χ0n) is 15.2. The molecule has 0 aliphatic heterocycles. The molecule has 2 heterocycles. The fraction of sp³-hybridized carbons (Fsp3) is 0.0952. The molecule has 0 unspecified atom stereocenters. The molecule has 0 amide bonds. The lowest BCUT2D eigenvalue weighted by Gasteiger charge is -2.12. The number of nitrogens with one attached hydrogen (secondary N) is 1. The molecular formula is C21H17FN5O+. The van der Waals surface area contributed by atoms with Gasteiger partial charge in [0.15, 0.2) is 5.82 Å². The molecule has 0 spiro atoms. The molecule has 2 aromatic heterocycles. The first-order valence-electron chi connectivity index (χ1n) is 8.74. The SMILES string of the molecule is C=Nc1nc(-c2cc[nH+]cn2)nc2c(OCC)cc(-c3ccccc3F)cc12. The zero-order valence-corrected chi connectivity index (χ0v) is 15.2. The highest BCUT2D eigenvalue weighted by molar-refractivity contribution is 5.97. The van der Waals surface area contributed by atoms with Crippen LogP contribution < -0.4 is 9.72 Å². The summed E-state index contributed by atoms with van der Waals surface area (Å²) in [6, 6.07) is 11.9. The van der Waals surface area contributed by atoms with E-state index in [0.29, 0.717) is 51.7 Å². The third kappa shape index (κ3) is 3.18. The molecule has 0 bridgehead atoms. The van der Waals surface area contributed by atoms with E-state index in [1.165, 1.54) is 6.07 Å². The fourth-order valence-electron chi connectivity index (χ4n) is 2.99. The van der Waals surface area contributed by atoms with Crippen molar-refractivity contribution in [1.29, 1.82) is 0 Å². The first-order valence-corrected chi connectivity index (χ1v) is 8.74. The minimum absolute atomic E-state index is 0.320. The Bertz CT molecular complexity index is 1160. The van der Waals surface area contributed by atoms with Gasteiger partial charge in [-0.2, -0.15) is 0 Å². The Balaban J connectivity index is 2.01. The van der Waals surface area contributed by atoms with E-state index >= 15 is 0 Å². The lowest BCUT2D eigenvalue weighted by Crippen LogP contribution is -2.03. The summed E-state index contributed by atoms with van der Waals surface area (Å²) in [6.07, 6.45) is 3.29. The Labute approximate surface area is 160 Å². The first kappa shape index (κ1) is 17.7. The number of benzene rings is 2. The summed E-state index contributed by atoms with van der Waals surface area (Å²) in [5.41, 5.74) is 2.28. The van der Waals surface area contributed by atoms with Crippen LogP contribution >= 0.6 is 0 Å². The van der Waals surface area contributed by atoms with Crippen LogP contribution in [0, 0.1) is 5.82 Å². The van der Waals surface area contributed by atoms with Crippen LogP contribution in [0.4, 0.5) is 10.2 Å². The van der Waals surface area contributed by atoms with Crippen molar-refractivity contribution in [1.82, 2.24) is 15.0 Å². The van der Waals surface area contributed by atoms with Crippen LogP contribution in [0.5, 0.6) is 5.75 Å². The summed E-state index contributed by atoms with van der Waals surface area (Å²) in [4.78, 5) is 20.3. The summed E-state index contributed by atoms with van der Waals surface area (Å²) in [6.45, 7) is 5.94. The second kappa shape index (κ2) is 7.48. The van der Waals surface area contributed by atoms with Crippen molar-refractivity contribution in [3.63, 3.8) is 0 Å². The van der Waals surface area contributed by atoms with Gasteiger partial charge in [-0.25, -0.2) is 19.4 Å². The van der Waals surface area contributed by atoms with Crippen LogP contribution in [0.15, 0.2) is 60.0 Å². The maximum atomic E-state index is 14.3. The average Bonchev–Trinajstić information content (AvgIpc) is 2.74. The van der Waals surface area contributed by atoms with Crippen LogP contribution in [0.2, 0.25) is 0 Å². The summed E-state index contributed by atoms with van der Waals surface area (Å²) < 4.78 is 20.2. The van der Waals surface area contributed by atoms with Gasteiger partial charge in [-0.15, -0.1) is 0 Å². The van der Waals surface area contributed by atoms with E-state index in [9.17, 15) is 4.39 Å². The van der Waals surface area contributed by atoms with Gasteiger partial charge >= 0.3 is 0 Å². The van der Waals surface area contributed by atoms with Gasteiger partial charge in [0.25, 0.3) is 6.33 Å². The average molecular weight is 374 g/mol. The fourth-order valence-corrected chi connectivity index (χ4v) is 2.99. The van der Waals surface area contributed by atoms with Crippen molar-refractivity contribution in [3.8, 4) is 28.4 Å². The van der Waals surface area contributed by atoms with Crippen molar-refractivity contribution in [2.24, 2.45) is 4.99 Å². The maximum Gasteiger partial charge on any atom is 0.284 e. The highest BCUT2D eigenvalue weighted by atomic mass is 19.1. The number of hydrogen-bond donors (Lipinski definition) is 0. The van der Waals surface area contributed by atoms with Gasteiger partial charge < -0.3 is 4.74 Å². The lowest BCUT2D eigenvalue weighted by atomic mass is 10.0. The molecule has 0 saturated heterocycles. The molecule has 0 fully saturated rings. The summed E-state index contributed by atoms with van der Waals surface area (Å²) in [5, 5.41) is 0.630. The second-order valence-corrected chi connectivity index (χ2v) is 5.96. The Hall–Kier alpha value is -3.74. The zero-order chi connectivity index (χ0) is 19.5. The number of H-pyrrole nitrogens is 1. The highest BCUT2D eigenvalue weighted by Gasteiger charge is 2.18. The number of ether oxygens (including phenoxy) is 1. The van der Waals surface area contributed by atoms with Gasteiger partial charge in [0.2, 0.25) is 11.5 Å². The van der Waals surface area contributed by atoms with Gasteiger partial charge in [0, 0.05) is 17.0 Å². The van der Waals surface area contributed by atoms with Crippen LogP contribution in [0.1, 0.15) is 6.92 Å². The molecule has 28 heavy (non-hydrogen) atoms. The van der Waals surface area contributed by atoms with Gasteiger partial charge in [0.05, 0.1) is 12.8 Å². The molecule has 1 N–H and O–H groups in total. The van der Waals surface area contributed by atoms with Crippen LogP contribution in [0.25, 0.3) is 33.5 Å². The summed E-state index contributed by atoms with van der Waals surface area (Å²) in [5.74, 6) is 0.992. The van der Waals surface area contributed by atoms with Crippen LogP contribution in [0.3, 0.4) is 0 Å². The van der Waals surface area contributed by atoms with Gasteiger partial charge in [-0.05, 0) is 42.4 Å². The first-order chi connectivity index (χ1) is 13.7. The number of aliphatic imine (C=N–C) groups is 1. The Morgan fingerprint density at radius 1 is 1.18 bits per heavy atom. The largest absolute Gasteiger partial charge is 0.492 e. The molecule has 0 aliphatic rings. The molecule has 138 valence electrons. The third-order valence-corrected chi connectivity index (χ3v) is 4.22. The third-order valence-electron chi connectivity index (χ3n) is 4.22. The van der Waals surface area contributed by atoms with Crippen molar-refractivity contribution in [2.75, 3.05) is 6.61 Å². The number of rotatable bonds is 5. The molecule has 2 aromatic carbocycles. The van der Waals surface area contributed by atoms with E-state index in [1.54, 1.807) is 48.9 Å². The maximum absolute atomic E-state index is 14.3. The Kier molecular flexibility index (Phi) is 4.72. The predicted octanol–water partition coefficient (Wildman–Crippen LogP) is 4.04. The highest BCUT2D eigenvalue weighted by Crippen LogP contribution is 2.37. The van der Waals surface area contributed by atoms with E-state index in [2.05, 4.69) is 31.6 Å². The summed E-state index contributed by atoms with van der Waals surface area (Å²) in [7, 11) is 0. The van der Waals surface area contributed by atoms with E-state index in [-0.39, 0.29) is 5.82 Å². The van der Waals surface area contributed by atoms with Crippen molar-refractivity contribution in [3.05, 3.63) is 60.8 Å². The molecule has 6 nitrogen and oxygen atoms in total. The Morgan fingerprint density at radius 3 is 2.75 bits per heavy atom. The minimum Gasteiger partial charge on any atom is -0.492 e. The second-order valence-electron chi connectivity index (χ2n) is 5.96. The van der Waals surface area contributed by atoms with E-state index in [4.69, 9.17) is 4.74 Å².